The summed E-state index contributed by atoms with van der Waals surface area (Å²) in [7, 11) is 0. The molecule has 0 heterocycles. The van der Waals surface area contributed by atoms with Crippen molar-refractivity contribution in [2.75, 3.05) is 6.54 Å². The molecule has 0 radical (unpaired) electrons. The molecule has 23 heavy (non-hydrogen) atoms. The number of aliphatic hydroxyl groups excluding tert-OH is 1. The molecule has 4 N–H and O–H groups in total. The van der Waals surface area contributed by atoms with Crippen molar-refractivity contribution < 1.29 is 15.3 Å². The van der Waals surface area contributed by atoms with Crippen LogP contribution >= 0.6 is 0 Å². The summed E-state index contributed by atoms with van der Waals surface area (Å²) in [6.07, 6.45) is 0.0880. The van der Waals surface area contributed by atoms with E-state index >= 15 is 0 Å². The third-order valence-corrected chi connectivity index (χ3v) is 4.08. The number of aryl methyl sites for hydroxylation is 1. The van der Waals surface area contributed by atoms with E-state index in [-0.39, 0.29) is 17.5 Å². The van der Waals surface area contributed by atoms with E-state index in [1.807, 2.05) is 0 Å². The zero-order valence-corrected chi connectivity index (χ0v) is 13.9. The quantitative estimate of drug-likeness (QED) is 0.661. The Hall–Kier alpha value is -2.04. The van der Waals surface area contributed by atoms with Crippen molar-refractivity contribution >= 4 is 0 Å². The summed E-state index contributed by atoms with van der Waals surface area (Å²) in [4.78, 5) is 0. The van der Waals surface area contributed by atoms with Gasteiger partial charge in [-0.15, -0.1) is 0 Å². The molecule has 124 valence electrons. The summed E-state index contributed by atoms with van der Waals surface area (Å²) >= 11 is 0. The van der Waals surface area contributed by atoms with Crippen LogP contribution in [0.25, 0.3) is 0 Å². The van der Waals surface area contributed by atoms with Crippen LogP contribution in [0, 0.1) is 13.8 Å². The number of phenolic OH excluding ortho intramolecular Hbond substituents is 2. The van der Waals surface area contributed by atoms with E-state index in [0.717, 1.165) is 6.42 Å². The molecule has 0 aliphatic heterocycles. The minimum atomic E-state index is -0.784. The maximum atomic E-state index is 10.2. The highest BCUT2D eigenvalue weighted by molar-refractivity contribution is 5.46. The van der Waals surface area contributed by atoms with Gasteiger partial charge in [0.15, 0.2) is 0 Å². The molecule has 0 aromatic heterocycles. The monoisotopic (exact) mass is 315 g/mol. The Balaban J connectivity index is 1.90. The van der Waals surface area contributed by atoms with E-state index in [1.54, 1.807) is 6.92 Å². The number of aliphatic hydroxyl groups is 1. The molecule has 2 unspecified atom stereocenters. The van der Waals surface area contributed by atoms with Gasteiger partial charge in [0.05, 0.1) is 6.10 Å². The van der Waals surface area contributed by atoms with Gasteiger partial charge in [-0.3, -0.25) is 0 Å². The summed E-state index contributed by atoms with van der Waals surface area (Å²) in [5, 5.41) is 33.0. The van der Waals surface area contributed by atoms with E-state index < -0.39 is 6.10 Å². The first-order chi connectivity index (χ1) is 10.9. The molecule has 0 saturated carbocycles. The Morgan fingerprint density at radius 3 is 2.13 bits per heavy atom. The smallest absolute Gasteiger partial charge is 0.122 e. The molecule has 0 amide bonds. The van der Waals surface area contributed by atoms with Crippen LogP contribution in [0.1, 0.15) is 35.3 Å². The standard InChI is InChI=1S/C19H25NO3/c1-12-4-6-15(7-5-12)8-13(2)20-11-19(23)16-9-17(21)14(3)18(22)10-16/h4-7,9-10,13,19-23H,8,11H2,1-3H3. The molecule has 0 aliphatic carbocycles. The molecule has 2 rings (SSSR count). The highest BCUT2D eigenvalue weighted by atomic mass is 16.3. The van der Waals surface area contributed by atoms with Crippen LogP contribution in [0.3, 0.4) is 0 Å². The van der Waals surface area contributed by atoms with Gasteiger partial charge in [-0.05, 0) is 50.5 Å². The van der Waals surface area contributed by atoms with Crippen LogP contribution in [-0.4, -0.2) is 27.9 Å². The molecule has 0 fully saturated rings. The molecule has 0 spiro atoms. The van der Waals surface area contributed by atoms with Crippen molar-refractivity contribution in [3.8, 4) is 11.5 Å². The van der Waals surface area contributed by atoms with Gasteiger partial charge in [-0.25, -0.2) is 0 Å². The first-order valence-corrected chi connectivity index (χ1v) is 7.86. The maximum absolute atomic E-state index is 10.2. The summed E-state index contributed by atoms with van der Waals surface area (Å²) in [5.41, 5.74) is 3.40. The average Bonchev–Trinajstić information content (AvgIpc) is 2.52. The van der Waals surface area contributed by atoms with Gasteiger partial charge in [-0.2, -0.15) is 0 Å². The normalized spacial score (nSPS) is 13.7. The number of nitrogens with one attached hydrogen (secondary N) is 1. The lowest BCUT2D eigenvalue weighted by Gasteiger charge is -2.18. The minimum absolute atomic E-state index is 0.00764. The highest BCUT2D eigenvalue weighted by Crippen LogP contribution is 2.30. The zero-order chi connectivity index (χ0) is 17.0. The van der Waals surface area contributed by atoms with E-state index in [0.29, 0.717) is 17.7 Å². The lowest BCUT2D eigenvalue weighted by molar-refractivity contribution is 0.170. The molecule has 4 heteroatoms. The topological polar surface area (TPSA) is 72.7 Å². The molecule has 2 aromatic carbocycles. The Morgan fingerprint density at radius 2 is 1.57 bits per heavy atom. The third kappa shape index (κ3) is 4.71. The number of aromatic hydroxyl groups is 2. The minimum Gasteiger partial charge on any atom is -0.508 e. The van der Waals surface area contributed by atoms with Crippen LogP contribution in [0.15, 0.2) is 36.4 Å². The average molecular weight is 315 g/mol. The van der Waals surface area contributed by atoms with Gasteiger partial charge in [0.1, 0.15) is 11.5 Å². The van der Waals surface area contributed by atoms with Crippen molar-refractivity contribution in [1.29, 1.82) is 0 Å². The van der Waals surface area contributed by atoms with Gasteiger partial charge >= 0.3 is 0 Å². The first-order valence-electron chi connectivity index (χ1n) is 7.86. The number of benzene rings is 2. The fraction of sp³-hybridized carbons (Fsp3) is 0.368. The molecular weight excluding hydrogens is 290 g/mol. The Morgan fingerprint density at radius 1 is 1.00 bits per heavy atom. The maximum Gasteiger partial charge on any atom is 0.122 e. The SMILES string of the molecule is Cc1ccc(CC(C)NCC(O)c2cc(O)c(C)c(O)c2)cc1. The van der Waals surface area contributed by atoms with Gasteiger partial charge in [0.2, 0.25) is 0 Å². The molecule has 2 aromatic rings. The van der Waals surface area contributed by atoms with E-state index in [1.165, 1.54) is 23.3 Å². The molecule has 0 aliphatic rings. The molecule has 4 nitrogen and oxygen atoms in total. The van der Waals surface area contributed by atoms with Crippen molar-refractivity contribution in [1.82, 2.24) is 5.32 Å². The van der Waals surface area contributed by atoms with Gasteiger partial charge in [0.25, 0.3) is 0 Å². The third-order valence-electron chi connectivity index (χ3n) is 4.08. The van der Waals surface area contributed by atoms with Crippen LogP contribution in [0.4, 0.5) is 0 Å². The van der Waals surface area contributed by atoms with Crippen molar-refractivity contribution in [3.63, 3.8) is 0 Å². The first kappa shape index (κ1) is 17.3. The Kier molecular flexibility index (Phi) is 5.64. The van der Waals surface area contributed by atoms with Crippen LogP contribution in [-0.2, 0) is 6.42 Å². The summed E-state index contributed by atoms with van der Waals surface area (Å²) in [5.74, 6) is -0.0153. The van der Waals surface area contributed by atoms with Crippen LogP contribution in [0.2, 0.25) is 0 Å². The van der Waals surface area contributed by atoms with Gasteiger partial charge < -0.3 is 20.6 Å². The highest BCUT2D eigenvalue weighted by Gasteiger charge is 2.14. The summed E-state index contributed by atoms with van der Waals surface area (Å²) in [6, 6.07) is 11.6. The fourth-order valence-corrected chi connectivity index (χ4v) is 2.48. The molecular formula is C19H25NO3. The van der Waals surface area contributed by atoms with Gasteiger partial charge in [0, 0.05) is 18.2 Å². The van der Waals surface area contributed by atoms with E-state index in [4.69, 9.17) is 0 Å². The summed E-state index contributed by atoms with van der Waals surface area (Å²) in [6.45, 7) is 6.11. The number of hydrogen-bond donors (Lipinski definition) is 4. The largest absolute Gasteiger partial charge is 0.508 e. The van der Waals surface area contributed by atoms with E-state index in [9.17, 15) is 15.3 Å². The van der Waals surface area contributed by atoms with E-state index in [2.05, 4.69) is 43.4 Å². The van der Waals surface area contributed by atoms with Crippen molar-refractivity contribution in [3.05, 3.63) is 58.7 Å². The molecule has 0 bridgehead atoms. The predicted molar refractivity (Wildman–Crippen MR) is 91.8 cm³/mol. The molecule has 2 atom stereocenters. The van der Waals surface area contributed by atoms with Gasteiger partial charge in [-0.1, -0.05) is 29.8 Å². The Bertz CT molecular complexity index is 629. The molecule has 0 saturated heterocycles. The van der Waals surface area contributed by atoms with Crippen molar-refractivity contribution in [2.24, 2.45) is 0 Å². The van der Waals surface area contributed by atoms with Crippen LogP contribution in [0.5, 0.6) is 11.5 Å². The lowest BCUT2D eigenvalue weighted by atomic mass is 10.0. The van der Waals surface area contributed by atoms with Crippen molar-refractivity contribution in [2.45, 2.75) is 39.3 Å². The Labute approximate surface area is 137 Å². The predicted octanol–water partition coefficient (Wildman–Crippen LogP) is 2.97. The second-order valence-electron chi connectivity index (χ2n) is 6.20. The lowest BCUT2D eigenvalue weighted by Crippen LogP contribution is -2.32. The summed E-state index contributed by atoms with van der Waals surface area (Å²) < 4.78 is 0. The van der Waals surface area contributed by atoms with Crippen LogP contribution < -0.4 is 5.32 Å². The zero-order valence-electron chi connectivity index (χ0n) is 13.9. The number of phenols is 2. The fourth-order valence-electron chi connectivity index (χ4n) is 2.48. The second-order valence-corrected chi connectivity index (χ2v) is 6.20. The second kappa shape index (κ2) is 7.49. The number of rotatable bonds is 6. The number of hydrogen-bond acceptors (Lipinski definition) is 4.